The van der Waals surface area contributed by atoms with Crippen molar-refractivity contribution in [1.82, 2.24) is 12.3 Å². The van der Waals surface area contributed by atoms with Crippen molar-refractivity contribution in [2.24, 2.45) is 0 Å². The van der Waals surface area contributed by atoms with Crippen LogP contribution in [0.4, 0.5) is 0 Å². The summed E-state index contributed by atoms with van der Waals surface area (Å²) in [7, 11) is 17.3. The van der Waals surface area contributed by atoms with Crippen LogP contribution < -0.4 is 12.3 Å². The van der Waals surface area contributed by atoms with Gasteiger partial charge in [-0.1, -0.05) is 0 Å². The van der Waals surface area contributed by atoms with Gasteiger partial charge in [0.25, 0.3) is 0 Å². The SMILES string of the molecule is [Cl][Co-2]([Cl])([Cl])[Cl].[NH4+].[NH4+]. The molecule has 8 N–H and O–H groups in total. The standard InChI is InChI=1S/4ClH.Co.2H3N/h4*1H;;2*1H3/q;;;;+2;;/p-2. The summed E-state index contributed by atoms with van der Waals surface area (Å²) in [6, 6.07) is 0. The summed E-state index contributed by atoms with van der Waals surface area (Å²) >= 11 is 0. The third kappa shape index (κ3) is 94.1. The molecule has 0 aliphatic heterocycles. The molecule has 0 spiro atoms. The van der Waals surface area contributed by atoms with Gasteiger partial charge in [-0.2, -0.15) is 0 Å². The van der Waals surface area contributed by atoms with Crippen LogP contribution in [0.25, 0.3) is 0 Å². The van der Waals surface area contributed by atoms with Crippen molar-refractivity contribution >= 4 is 40.6 Å². The molecule has 0 atom stereocenters. The van der Waals surface area contributed by atoms with Crippen LogP contribution in [0.1, 0.15) is 0 Å². The largest absolute Gasteiger partial charge is 0.369 e. The zero-order valence-electron chi connectivity index (χ0n) is 3.85. The van der Waals surface area contributed by atoms with E-state index >= 15 is 0 Å². The van der Waals surface area contributed by atoms with Crippen LogP contribution in [0.5, 0.6) is 0 Å². The monoisotopic (exact) mass is 235 g/mol. The average molecular weight is 237 g/mol. The molecule has 0 aliphatic rings. The summed E-state index contributed by atoms with van der Waals surface area (Å²) in [5.41, 5.74) is 0. The van der Waals surface area contributed by atoms with Gasteiger partial charge in [0.2, 0.25) is 0 Å². The zero-order valence-corrected chi connectivity index (χ0v) is 7.91. The van der Waals surface area contributed by atoms with E-state index in [0.29, 0.717) is 0 Å². The summed E-state index contributed by atoms with van der Waals surface area (Å²) in [6.07, 6.45) is 0. The Bertz CT molecular complexity index is 25.2. The van der Waals surface area contributed by atoms with E-state index in [1.807, 2.05) is 0 Å². The van der Waals surface area contributed by atoms with Gasteiger partial charge in [0, 0.05) is 0 Å². The van der Waals surface area contributed by atoms with E-state index in [1.54, 1.807) is 0 Å². The van der Waals surface area contributed by atoms with Gasteiger partial charge in [0.05, 0.1) is 0 Å². The quantitative estimate of drug-likeness (QED) is 0.646. The molecular formula is H8Cl4CoN2. The first kappa shape index (κ1) is 15.8. The van der Waals surface area contributed by atoms with Crippen molar-refractivity contribution in [2.75, 3.05) is 0 Å². The molecule has 55 valence electrons. The Labute approximate surface area is 61.8 Å². The molecule has 0 radical (unpaired) electrons. The number of quaternary nitrogens is 2. The molecule has 0 aromatic rings. The van der Waals surface area contributed by atoms with Crippen LogP contribution in [0.2, 0.25) is 0 Å². The molecule has 7 heteroatoms. The number of rotatable bonds is 0. The van der Waals surface area contributed by atoms with E-state index in [-0.39, 0.29) is 12.3 Å². The second-order valence-corrected chi connectivity index (χ2v) is 10.6. The Hall–Kier alpha value is 1.59. The number of halogens is 4. The third-order valence-corrected chi connectivity index (χ3v) is 0. The summed E-state index contributed by atoms with van der Waals surface area (Å²) in [6.45, 7) is 0. The predicted octanol–water partition coefficient (Wildman–Crippen LogP) is 3.51. The van der Waals surface area contributed by atoms with Crippen LogP contribution in [0.15, 0.2) is 0 Å². The molecule has 0 aromatic heterocycles. The topological polar surface area (TPSA) is 73.0 Å². The Balaban J connectivity index is -0.0000000800. The van der Waals surface area contributed by atoms with Gasteiger partial charge in [-0.3, -0.25) is 0 Å². The summed E-state index contributed by atoms with van der Waals surface area (Å²) in [4.78, 5) is 0. The predicted molar refractivity (Wildman–Crippen MR) is 35.4 cm³/mol. The molecule has 0 aliphatic carbocycles. The van der Waals surface area contributed by atoms with Gasteiger partial charge in [0.1, 0.15) is 0 Å². The molecule has 0 unspecified atom stereocenters. The van der Waals surface area contributed by atoms with Gasteiger partial charge < -0.3 is 12.3 Å². The second kappa shape index (κ2) is 5.72. The van der Waals surface area contributed by atoms with Crippen LogP contribution in [-0.4, -0.2) is 0 Å². The van der Waals surface area contributed by atoms with Crippen molar-refractivity contribution in [3.63, 3.8) is 0 Å². The molecule has 0 rings (SSSR count). The Morgan fingerprint density at radius 1 is 0.714 bits per heavy atom. The van der Waals surface area contributed by atoms with E-state index in [0.717, 1.165) is 0 Å². The minimum Gasteiger partial charge on any atom is -0.369 e. The summed E-state index contributed by atoms with van der Waals surface area (Å²) in [5, 5.41) is 0. The molecule has 0 fully saturated rings. The van der Waals surface area contributed by atoms with Crippen molar-refractivity contribution in [3.05, 3.63) is 0 Å². The van der Waals surface area contributed by atoms with E-state index in [9.17, 15) is 0 Å². The molecule has 0 heterocycles. The van der Waals surface area contributed by atoms with E-state index in [2.05, 4.69) is 0 Å². The first-order valence-electron chi connectivity index (χ1n) is 0.504. The van der Waals surface area contributed by atoms with Crippen molar-refractivity contribution < 1.29 is 9.01 Å². The van der Waals surface area contributed by atoms with Gasteiger partial charge in [0.15, 0.2) is 0 Å². The fourth-order valence-corrected chi connectivity index (χ4v) is 0. The van der Waals surface area contributed by atoms with Crippen molar-refractivity contribution in [2.45, 2.75) is 0 Å². The van der Waals surface area contributed by atoms with E-state index < -0.39 is 9.01 Å². The average Bonchev–Trinajstić information content (AvgIpc) is 0.722. The van der Waals surface area contributed by atoms with Crippen molar-refractivity contribution in [1.29, 1.82) is 0 Å². The van der Waals surface area contributed by atoms with Gasteiger partial charge in [-0.25, -0.2) is 0 Å². The van der Waals surface area contributed by atoms with Crippen LogP contribution >= 0.6 is 40.6 Å². The molecule has 0 amide bonds. The molecule has 0 aromatic carbocycles. The van der Waals surface area contributed by atoms with Gasteiger partial charge >= 0.3 is 49.6 Å². The summed E-state index contributed by atoms with van der Waals surface area (Å²) < 4.78 is 0. The fourth-order valence-electron chi connectivity index (χ4n) is 0. The zero-order chi connectivity index (χ0) is 4.50. The van der Waals surface area contributed by atoms with Gasteiger partial charge in [-0.05, 0) is 0 Å². The van der Waals surface area contributed by atoms with E-state index in [4.69, 9.17) is 40.6 Å². The summed E-state index contributed by atoms with van der Waals surface area (Å²) in [5.74, 6) is 0. The fraction of sp³-hybridized carbons (Fsp3) is 0. The van der Waals surface area contributed by atoms with E-state index in [1.165, 1.54) is 0 Å². The second-order valence-electron chi connectivity index (χ2n) is 0.286. The molecule has 0 saturated carbocycles. The first-order chi connectivity index (χ1) is 2.00. The Kier molecular flexibility index (Phi) is 12.9. The molecular weight excluding hydrogens is 229 g/mol. The molecule has 0 bridgehead atoms. The van der Waals surface area contributed by atoms with Crippen LogP contribution in [-0.2, 0) is 9.01 Å². The molecule has 0 saturated heterocycles. The molecule has 7 heavy (non-hydrogen) atoms. The minimum atomic E-state index is -2.49. The van der Waals surface area contributed by atoms with Gasteiger partial charge in [-0.15, -0.1) is 0 Å². The number of hydrogen-bond acceptors (Lipinski definition) is 0. The molecule has 2 nitrogen and oxygen atoms in total. The van der Waals surface area contributed by atoms with Crippen LogP contribution in [0.3, 0.4) is 0 Å². The maximum absolute atomic E-state index is 4.94. The van der Waals surface area contributed by atoms with Crippen molar-refractivity contribution in [3.8, 4) is 0 Å². The minimum absolute atomic E-state index is 0. The maximum atomic E-state index is 4.94. The first-order valence-corrected chi connectivity index (χ1v) is 6.23. The third-order valence-electron chi connectivity index (χ3n) is 0. The maximum Gasteiger partial charge on any atom is -0.369 e. The van der Waals surface area contributed by atoms with Crippen LogP contribution in [0, 0.1) is 0 Å². The smallest absolute Gasteiger partial charge is 0.369 e. The Morgan fingerprint density at radius 3 is 0.714 bits per heavy atom. The Morgan fingerprint density at radius 2 is 0.714 bits per heavy atom. The normalized spacial score (nSPS) is 10.9. The number of hydrogen-bond donors (Lipinski definition) is 2.